The summed E-state index contributed by atoms with van der Waals surface area (Å²) in [6, 6.07) is 2.19. The summed E-state index contributed by atoms with van der Waals surface area (Å²) in [5.41, 5.74) is 2.92. The van der Waals surface area contributed by atoms with Crippen LogP contribution in [0.15, 0.2) is 30.9 Å². The zero-order chi connectivity index (χ0) is 12.5. The minimum Gasteiger partial charge on any atom is -0.423 e. The number of pyridine rings is 1. The van der Waals surface area contributed by atoms with Gasteiger partial charge in [0.25, 0.3) is 0 Å². The summed E-state index contributed by atoms with van der Waals surface area (Å²) in [7, 11) is -1.46. The van der Waals surface area contributed by atoms with Crippen LogP contribution in [-0.2, 0) is 6.42 Å². The quantitative estimate of drug-likeness (QED) is 0.721. The summed E-state index contributed by atoms with van der Waals surface area (Å²) in [5.74, 6) is 0. The number of hydrogen-bond donors (Lipinski definition) is 2. The van der Waals surface area contributed by atoms with Gasteiger partial charge in [0, 0.05) is 30.3 Å². The van der Waals surface area contributed by atoms with Crippen molar-refractivity contribution in [2.75, 3.05) is 0 Å². The Kier molecular flexibility index (Phi) is 2.89. The molecule has 0 saturated heterocycles. The van der Waals surface area contributed by atoms with Gasteiger partial charge in [-0.3, -0.25) is 9.67 Å². The largest absolute Gasteiger partial charge is 0.491 e. The first kappa shape index (κ1) is 11.4. The molecule has 18 heavy (non-hydrogen) atoms. The van der Waals surface area contributed by atoms with Crippen molar-refractivity contribution >= 4 is 12.6 Å². The van der Waals surface area contributed by atoms with Crippen LogP contribution in [0.1, 0.15) is 30.0 Å². The number of rotatable bonds is 2. The Morgan fingerprint density at radius 1 is 1.33 bits per heavy atom. The standard InChI is InChI=1S/C12H14BN3O2/c17-13(18)10-7-15-16(8-10)12-3-1-2-9-6-14-5-4-11(9)12/h4-8,12,17-18H,1-3H2. The maximum atomic E-state index is 9.12. The Labute approximate surface area is 105 Å². The van der Waals surface area contributed by atoms with Crippen molar-refractivity contribution in [3.05, 3.63) is 42.0 Å². The molecule has 1 aliphatic rings. The van der Waals surface area contributed by atoms with Gasteiger partial charge in [0.05, 0.1) is 6.04 Å². The Bertz CT molecular complexity index is 556. The van der Waals surface area contributed by atoms with Gasteiger partial charge < -0.3 is 10.0 Å². The van der Waals surface area contributed by atoms with Crippen LogP contribution in [0.2, 0.25) is 0 Å². The highest BCUT2D eigenvalue weighted by Gasteiger charge is 2.23. The molecule has 2 aromatic rings. The van der Waals surface area contributed by atoms with Crippen LogP contribution in [0, 0.1) is 0 Å². The average molecular weight is 243 g/mol. The fourth-order valence-corrected chi connectivity index (χ4v) is 2.54. The molecule has 0 spiro atoms. The molecule has 3 rings (SSSR count). The molecule has 92 valence electrons. The van der Waals surface area contributed by atoms with Gasteiger partial charge in [-0.25, -0.2) is 0 Å². The molecule has 0 bridgehead atoms. The molecule has 5 nitrogen and oxygen atoms in total. The molecule has 0 radical (unpaired) electrons. The summed E-state index contributed by atoms with van der Waals surface area (Å²) in [4.78, 5) is 4.15. The van der Waals surface area contributed by atoms with Crippen LogP contribution in [-0.4, -0.2) is 31.9 Å². The predicted octanol–water partition coefficient (Wildman–Crippen LogP) is -0.116. The zero-order valence-corrected chi connectivity index (χ0v) is 9.90. The normalized spacial score (nSPS) is 18.4. The molecule has 1 atom stereocenters. The second-order valence-electron chi connectivity index (χ2n) is 4.61. The van der Waals surface area contributed by atoms with Crippen molar-refractivity contribution in [3.8, 4) is 0 Å². The van der Waals surface area contributed by atoms with E-state index in [1.807, 2.05) is 16.9 Å². The van der Waals surface area contributed by atoms with Gasteiger partial charge in [-0.15, -0.1) is 0 Å². The summed E-state index contributed by atoms with van der Waals surface area (Å²) in [6.45, 7) is 0. The molecular formula is C12H14BN3O2. The summed E-state index contributed by atoms with van der Waals surface area (Å²) >= 11 is 0. The lowest BCUT2D eigenvalue weighted by Crippen LogP contribution is -2.28. The molecule has 0 aromatic carbocycles. The van der Waals surface area contributed by atoms with Crippen LogP contribution in [0.5, 0.6) is 0 Å². The maximum absolute atomic E-state index is 9.12. The molecular weight excluding hydrogens is 229 g/mol. The number of aryl methyl sites for hydroxylation is 1. The lowest BCUT2D eigenvalue weighted by molar-refractivity contribution is 0.425. The predicted molar refractivity (Wildman–Crippen MR) is 67.4 cm³/mol. The van der Waals surface area contributed by atoms with Crippen LogP contribution < -0.4 is 5.46 Å². The third-order valence-electron chi connectivity index (χ3n) is 3.46. The monoisotopic (exact) mass is 243 g/mol. The summed E-state index contributed by atoms with van der Waals surface area (Å²) in [5, 5.41) is 22.5. The van der Waals surface area contributed by atoms with E-state index in [1.54, 1.807) is 12.4 Å². The molecule has 2 N–H and O–H groups in total. The highest BCUT2D eigenvalue weighted by atomic mass is 16.4. The lowest BCUT2D eigenvalue weighted by atomic mass is 9.83. The molecule has 0 aliphatic heterocycles. The molecule has 0 saturated carbocycles. The first-order valence-corrected chi connectivity index (χ1v) is 6.08. The Balaban J connectivity index is 1.97. The second-order valence-corrected chi connectivity index (χ2v) is 4.61. The third-order valence-corrected chi connectivity index (χ3v) is 3.46. The van der Waals surface area contributed by atoms with Crippen molar-refractivity contribution in [2.24, 2.45) is 0 Å². The van der Waals surface area contributed by atoms with E-state index in [1.165, 1.54) is 17.3 Å². The fourth-order valence-electron chi connectivity index (χ4n) is 2.54. The smallest absolute Gasteiger partial charge is 0.423 e. The van der Waals surface area contributed by atoms with Gasteiger partial charge in [-0.2, -0.15) is 5.10 Å². The van der Waals surface area contributed by atoms with Crippen LogP contribution in [0.4, 0.5) is 0 Å². The first-order chi connectivity index (χ1) is 8.75. The minimum atomic E-state index is -1.46. The Morgan fingerprint density at radius 2 is 2.22 bits per heavy atom. The van der Waals surface area contributed by atoms with Crippen molar-refractivity contribution in [3.63, 3.8) is 0 Å². The van der Waals surface area contributed by atoms with Crippen LogP contribution in [0.25, 0.3) is 0 Å². The molecule has 0 fully saturated rings. The highest BCUT2D eigenvalue weighted by molar-refractivity contribution is 6.58. The van der Waals surface area contributed by atoms with Gasteiger partial charge in [0.1, 0.15) is 0 Å². The minimum absolute atomic E-state index is 0.171. The Morgan fingerprint density at radius 3 is 3.00 bits per heavy atom. The molecule has 2 heterocycles. The van der Waals surface area contributed by atoms with Gasteiger partial charge >= 0.3 is 7.12 Å². The Hall–Kier alpha value is -1.66. The number of fused-ring (bicyclic) bond motifs is 1. The topological polar surface area (TPSA) is 71.2 Å². The van der Waals surface area contributed by atoms with E-state index in [2.05, 4.69) is 10.1 Å². The van der Waals surface area contributed by atoms with E-state index in [0.29, 0.717) is 5.46 Å². The van der Waals surface area contributed by atoms with Crippen molar-refractivity contribution in [1.29, 1.82) is 0 Å². The molecule has 1 unspecified atom stereocenters. The van der Waals surface area contributed by atoms with E-state index >= 15 is 0 Å². The van der Waals surface area contributed by atoms with Crippen LogP contribution >= 0.6 is 0 Å². The summed E-state index contributed by atoms with van der Waals surface area (Å²) < 4.78 is 1.81. The van der Waals surface area contributed by atoms with E-state index < -0.39 is 7.12 Å². The molecule has 6 heteroatoms. The number of nitrogens with zero attached hydrogens (tertiary/aromatic N) is 3. The highest BCUT2D eigenvalue weighted by Crippen LogP contribution is 2.31. The maximum Gasteiger partial charge on any atom is 0.491 e. The molecule has 2 aromatic heterocycles. The molecule has 1 aliphatic carbocycles. The number of hydrogen-bond acceptors (Lipinski definition) is 4. The van der Waals surface area contributed by atoms with Gasteiger partial charge in [-0.05, 0) is 36.5 Å². The third kappa shape index (κ3) is 1.93. The lowest BCUT2D eigenvalue weighted by Gasteiger charge is -2.25. The van der Waals surface area contributed by atoms with Crippen molar-refractivity contribution in [2.45, 2.75) is 25.3 Å². The van der Waals surface area contributed by atoms with E-state index in [9.17, 15) is 0 Å². The first-order valence-electron chi connectivity index (χ1n) is 6.08. The van der Waals surface area contributed by atoms with Crippen LogP contribution in [0.3, 0.4) is 0 Å². The van der Waals surface area contributed by atoms with Crippen molar-refractivity contribution < 1.29 is 10.0 Å². The SMILES string of the molecule is OB(O)c1cnn(C2CCCc3cnccc32)c1. The zero-order valence-electron chi connectivity index (χ0n) is 9.90. The fraction of sp³-hybridized carbons (Fsp3) is 0.333. The van der Waals surface area contributed by atoms with Gasteiger partial charge in [0.15, 0.2) is 0 Å². The number of aromatic nitrogens is 3. The average Bonchev–Trinajstić information content (AvgIpc) is 2.87. The van der Waals surface area contributed by atoms with Gasteiger partial charge in [0.2, 0.25) is 0 Å². The van der Waals surface area contributed by atoms with Gasteiger partial charge in [-0.1, -0.05) is 0 Å². The summed E-state index contributed by atoms with van der Waals surface area (Å²) in [6.07, 6.45) is 10.1. The second kappa shape index (κ2) is 4.55. The van der Waals surface area contributed by atoms with Crippen molar-refractivity contribution in [1.82, 2.24) is 14.8 Å². The van der Waals surface area contributed by atoms with E-state index in [0.717, 1.165) is 19.3 Å². The van der Waals surface area contributed by atoms with E-state index in [-0.39, 0.29) is 6.04 Å². The molecule has 0 amide bonds. The van der Waals surface area contributed by atoms with E-state index in [4.69, 9.17) is 10.0 Å².